The highest BCUT2D eigenvalue weighted by atomic mass is 127. The van der Waals surface area contributed by atoms with E-state index in [0.29, 0.717) is 5.69 Å². The van der Waals surface area contributed by atoms with Gasteiger partial charge in [0.25, 0.3) is 0 Å². The molecule has 0 unspecified atom stereocenters. The maximum absolute atomic E-state index is 8.25. The third kappa shape index (κ3) is 0.816. The molecule has 0 aliphatic heterocycles. The van der Waals surface area contributed by atoms with Gasteiger partial charge in [0, 0.05) is 3.57 Å². The van der Waals surface area contributed by atoms with Gasteiger partial charge in [0.15, 0.2) is 0 Å². The molecule has 1 rings (SSSR count). The van der Waals surface area contributed by atoms with Gasteiger partial charge in [-0.1, -0.05) is 0 Å². The monoisotopic (exact) mass is 218 g/mol. The van der Waals surface area contributed by atoms with Crippen LogP contribution in [0.3, 0.4) is 0 Å². The first kappa shape index (κ1) is 5.56. The van der Waals surface area contributed by atoms with E-state index in [-0.39, 0.29) is 0 Å². The van der Waals surface area contributed by atoms with Crippen molar-refractivity contribution in [2.75, 3.05) is 0 Å². The molecular formula is C4HIN3-. The number of hydrogen-bond donors (Lipinski definition) is 0. The Morgan fingerprint density at radius 1 is 1.88 bits per heavy atom. The topological polar surface area (TPSA) is 50.8 Å². The Hall–Kier alpha value is -0.570. The van der Waals surface area contributed by atoms with Crippen LogP contribution < -0.4 is 5.10 Å². The Labute approximate surface area is 59.8 Å². The Morgan fingerprint density at radius 2 is 2.62 bits per heavy atom. The van der Waals surface area contributed by atoms with E-state index < -0.39 is 0 Å². The van der Waals surface area contributed by atoms with Crippen LogP contribution in [0.1, 0.15) is 5.69 Å². The quantitative estimate of drug-likeness (QED) is 0.596. The summed E-state index contributed by atoms with van der Waals surface area (Å²) in [5, 5.41) is 15.3. The summed E-state index contributed by atoms with van der Waals surface area (Å²) < 4.78 is 0.810. The molecule has 0 saturated carbocycles. The van der Waals surface area contributed by atoms with Crippen molar-refractivity contribution in [2.24, 2.45) is 0 Å². The van der Waals surface area contributed by atoms with Crippen molar-refractivity contribution in [1.29, 1.82) is 5.26 Å². The molecular weight excluding hydrogens is 217 g/mol. The third-order valence-corrected chi connectivity index (χ3v) is 1.45. The van der Waals surface area contributed by atoms with E-state index in [1.165, 1.54) is 0 Å². The van der Waals surface area contributed by atoms with Gasteiger partial charge in [-0.2, -0.15) is 5.26 Å². The zero-order chi connectivity index (χ0) is 5.98. The first-order valence-corrected chi connectivity index (χ1v) is 2.96. The zero-order valence-electron chi connectivity index (χ0n) is 3.80. The Balaban J connectivity index is 3.15. The molecule has 8 heavy (non-hydrogen) atoms. The predicted octanol–water partition coefficient (Wildman–Crippen LogP) is 0.515. The Kier molecular flexibility index (Phi) is 1.48. The van der Waals surface area contributed by atoms with Crippen molar-refractivity contribution in [1.82, 2.24) is 10.2 Å². The minimum atomic E-state index is 0.408. The summed E-state index contributed by atoms with van der Waals surface area (Å²) in [6, 6.07) is 1.89. The van der Waals surface area contributed by atoms with Gasteiger partial charge in [-0.3, -0.25) is 0 Å². The minimum absolute atomic E-state index is 0.408. The maximum Gasteiger partial charge on any atom is 0.132 e. The van der Waals surface area contributed by atoms with Crippen LogP contribution in [0.2, 0.25) is 0 Å². The fourth-order valence-corrected chi connectivity index (χ4v) is 0.675. The van der Waals surface area contributed by atoms with Gasteiger partial charge >= 0.3 is 0 Å². The standard InChI is InChI=1S/C4HIN3/c5-3-2-7-8-4(3)1-6/h2H/q-1. The van der Waals surface area contributed by atoms with Crippen LogP contribution in [0, 0.1) is 14.9 Å². The molecule has 0 aromatic carbocycles. The predicted molar refractivity (Wildman–Crippen MR) is 35.0 cm³/mol. The fraction of sp³-hybridized carbons (Fsp3) is 0. The van der Waals surface area contributed by atoms with Crippen LogP contribution in [-0.2, 0) is 0 Å². The van der Waals surface area contributed by atoms with Gasteiger partial charge in [0.05, 0.1) is 0 Å². The molecule has 0 atom stereocenters. The number of nitrogens with zero attached hydrogens (tertiary/aromatic N) is 3. The second-order valence-electron chi connectivity index (χ2n) is 1.15. The van der Waals surface area contributed by atoms with Crippen LogP contribution in [-0.4, -0.2) is 5.10 Å². The van der Waals surface area contributed by atoms with Crippen molar-refractivity contribution < 1.29 is 0 Å². The van der Waals surface area contributed by atoms with E-state index in [1.54, 1.807) is 6.20 Å². The summed E-state index contributed by atoms with van der Waals surface area (Å²) in [4.78, 5) is 0. The second-order valence-corrected chi connectivity index (χ2v) is 2.32. The highest BCUT2D eigenvalue weighted by Crippen LogP contribution is 2.03. The number of halogens is 1. The summed E-state index contributed by atoms with van der Waals surface area (Å²) in [5.41, 5.74) is 0.408. The van der Waals surface area contributed by atoms with Crippen LogP contribution in [0.4, 0.5) is 0 Å². The number of rotatable bonds is 0. The molecule has 4 heteroatoms. The molecule has 0 amide bonds. The summed E-state index contributed by atoms with van der Waals surface area (Å²) in [7, 11) is 0. The maximum atomic E-state index is 8.25. The van der Waals surface area contributed by atoms with Crippen molar-refractivity contribution in [3.8, 4) is 6.07 Å². The molecule has 1 aromatic rings. The SMILES string of the molecule is N#Cc1n[n-]cc1I. The molecule has 0 radical (unpaired) electrons. The highest BCUT2D eigenvalue weighted by molar-refractivity contribution is 14.1. The van der Waals surface area contributed by atoms with Crippen molar-refractivity contribution in [2.45, 2.75) is 0 Å². The van der Waals surface area contributed by atoms with Crippen LogP contribution >= 0.6 is 22.6 Å². The summed E-state index contributed by atoms with van der Waals surface area (Å²) in [6.45, 7) is 0. The van der Waals surface area contributed by atoms with Gasteiger partial charge in [0.1, 0.15) is 11.8 Å². The zero-order valence-corrected chi connectivity index (χ0v) is 5.95. The average molecular weight is 218 g/mol. The van der Waals surface area contributed by atoms with Gasteiger partial charge in [-0.05, 0) is 22.6 Å². The van der Waals surface area contributed by atoms with Crippen LogP contribution in [0.5, 0.6) is 0 Å². The smallest absolute Gasteiger partial charge is 0.132 e. The van der Waals surface area contributed by atoms with Crippen molar-refractivity contribution in [3.05, 3.63) is 15.5 Å². The van der Waals surface area contributed by atoms with Crippen molar-refractivity contribution in [3.63, 3.8) is 0 Å². The molecule has 0 bridgehead atoms. The average Bonchev–Trinajstić information content (AvgIpc) is 2.14. The van der Waals surface area contributed by atoms with E-state index in [9.17, 15) is 0 Å². The first-order valence-electron chi connectivity index (χ1n) is 1.88. The van der Waals surface area contributed by atoms with E-state index in [1.807, 2.05) is 28.7 Å². The lowest BCUT2D eigenvalue weighted by molar-refractivity contribution is 1.04. The molecule has 0 N–H and O–H groups in total. The first-order chi connectivity index (χ1) is 3.84. The van der Waals surface area contributed by atoms with Gasteiger partial charge in [0.2, 0.25) is 0 Å². The lowest BCUT2D eigenvalue weighted by Gasteiger charge is -1.78. The van der Waals surface area contributed by atoms with E-state index in [2.05, 4.69) is 10.2 Å². The number of aromatic nitrogens is 2. The third-order valence-electron chi connectivity index (χ3n) is 0.661. The van der Waals surface area contributed by atoms with Gasteiger partial charge < -0.3 is 10.2 Å². The van der Waals surface area contributed by atoms with E-state index >= 15 is 0 Å². The molecule has 0 aliphatic carbocycles. The van der Waals surface area contributed by atoms with Crippen LogP contribution in [0.25, 0.3) is 0 Å². The molecule has 40 valence electrons. The summed E-state index contributed by atoms with van der Waals surface area (Å²) >= 11 is 2.01. The van der Waals surface area contributed by atoms with E-state index in [0.717, 1.165) is 3.57 Å². The van der Waals surface area contributed by atoms with Crippen LogP contribution in [0.15, 0.2) is 6.20 Å². The van der Waals surface area contributed by atoms with Gasteiger partial charge in [-0.15, -0.1) is 6.20 Å². The number of hydrogen-bond acceptors (Lipinski definition) is 2. The molecule has 0 aliphatic rings. The largest absolute Gasteiger partial charge is 0.580 e. The lowest BCUT2D eigenvalue weighted by Crippen LogP contribution is -1.74. The summed E-state index contributed by atoms with van der Waals surface area (Å²) in [5.74, 6) is 0. The summed E-state index contributed by atoms with van der Waals surface area (Å²) in [6.07, 6.45) is 1.55. The molecule has 0 fully saturated rings. The molecule has 1 heterocycles. The molecule has 3 nitrogen and oxygen atoms in total. The second kappa shape index (κ2) is 2.13. The molecule has 1 aromatic heterocycles. The highest BCUT2D eigenvalue weighted by Gasteiger charge is 1.89. The number of nitriles is 1. The lowest BCUT2D eigenvalue weighted by atomic mass is 10.5. The van der Waals surface area contributed by atoms with Gasteiger partial charge in [-0.25, -0.2) is 0 Å². The fourth-order valence-electron chi connectivity index (χ4n) is 0.322. The Bertz CT molecular complexity index is 221. The minimum Gasteiger partial charge on any atom is -0.580 e. The van der Waals surface area contributed by atoms with E-state index in [4.69, 9.17) is 5.26 Å². The normalized spacial score (nSPS) is 8.50. The van der Waals surface area contributed by atoms with Crippen molar-refractivity contribution >= 4 is 22.6 Å². The molecule has 0 saturated heterocycles. The Morgan fingerprint density at radius 3 is 2.88 bits per heavy atom. The molecule has 0 spiro atoms.